The van der Waals surface area contributed by atoms with E-state index in [0.717, 1.165) is 5.56 Å². The smallest absolute Gasteiger partial charge is 0.353 e. The van der Waals surface area contributed by atoms with Gasteiger partial charge < -0.3 is 28.9 Å². The van der Waals surface area contributed by atoms with Gasteiger partial charge in [-0.1, -0.05) is 5.16 Å². The lowest BCUT2D eigenvalue weighted by atomic mass is 10.0. The lowest BCUT2D eigenvalue weighted by Gasteiger charge is -2.18. The molecule has 0 bridgehead atoms. The molecule has 9 heteroatoms. The molecule has 1 aromatic rings. The molecule has 8 nitrogen and oxygen atoms in total. The Labute approximate surface area is 140 Å². The number of nitrogens with zero attached hydrogens (tertiary/aromatic N) is 1. The molecule has 2 aliphatic rings. The van der Waals surface area contributed by atoms with E-state index in [1.54, 1.807) is 0 Å². The number of methoxy groups -OCH3 is 2. The van der Waals surface area contributed by atoms with Gasteiger partial charge in [0, 0.05) is 18.4 Å². The van der Waals surface area contributed by atoms with Gasteiger partial charge in [-0.25, -0.2) is 4.79 Å². The molecule has 2 heterocycles. The number of ether oxygens (including phenoxy) is 4. The van der Waals surface area contributed by atoms with Crippen LogP contribution < -0.4 is 18.9 Å². The molecule has 0 saturated carbocycles. The highest BCUT2D eigenvalue weighted by atomic mass is 79.9. The number of halogens is 1. The summed E-state index contributed by atoms with van der Waals surface area (Å²) in [5.74, 6) is 0.833. The Balaban J connectivity index is 1.95. The molecule has 1 N–H and O–H groups in total. The number of carboxylic acids is 1. The van der Waals surface area contributed by atoms with Crippen molar-refractivity contribution in [1.29, 1.82) is 0 Å². The maximum Gasteiger partial charge on any atom is 0.353 e. The largest absolute Gasteiger partial charge is 0.492 e. The zero-order valence-electron chi connectivity index (χ0n) is 12.4. The normalized spacial score (nSPS) is 18.4. The first kappa shape index (κ1) is 15.7. The van der Waals surface area contributed by atoms with Crippen molar-refractivity contribution in [3.8, 4) is 23.0 Å². The van der Waals surface area contributed by atoms with E-state index in [9.17, 15) is 4.79 Å². The summed E-state index contributed by atoms with van der Waals surface area (Å²) in [7, 11) is 3.05. The summed E-state index contributed by atoms with van der Waals surface area (Å²) in [6.07, 6.45) is 0.176. The zero-order chi connectivity index (χ0) is 16.6. The lowest BCUT2D eigenvalue weighted by molar-refractivity contribution is -0.129. The summed E-state index contributed by atoms with van der Waals surface area (Å²) in [6, 6.07) is 0. The maximum absolute atomic E-state index is 10.9. The summed E-state index contributed by atoms with van der Waals surface area (Å²) in [5.41, 5.74) is 0.734. The van der Waals surface area contributed by atoms with Crippen LogP contribution in [0.2, 0.25) is 0 Å². The van der Waals surface area contributed by atoms with Crippen LogP contribution in [0.1, 0.15) is 12.0 Å². The maximum atomic E-state index is 10.9. The Morgan fingerprint density at radius 1 is 1.30 bits per heavy atom. The lowest BCUT2D eigenvalue weighted by Crippen LogP contribution is -2.17. The van der Waals surface area contributed by atoms with Crippen molar-refractivity contribution in [2.75, 3.05) is 21.0 Å². The van der Waals surface area contributed by atoms with Gasteiger partial charge in [0.25, 0.3) is 0 Å². The minimum atomic E-state index is -1.08. The molecule has 0 aliphatic carbocycles. The molecule has 2 aliphatic heterocycles. The zero-order valence-corrected chi connectivity index (χ0v) is 14.0. The standard InChI is InChI=1S/C14H14BrNO7/c1-19-10-7(3-6-4-8(14(17)18)16-23-6)9(15)11(20-2)13-12(10)21-5-22-13/h6H,3-5H2,1-2H3,(H,17,18)/t6-/m1/s1. The molecule has 0 unspecified atom stereocenters. The van der Waals surface area contributed by atoms with Gasteiger partial charge in [-0.3, -0.25) is 0 Å². The van der Waals surface area contributed by atoms with E-state index in [2.05, 4.69) is 21.1 Å². The number of aliphatic carboxylic acids is 1. The summed E-state index contributed by atoms with van der Waals surface area (Å²) in [4.78, 5) is 16.1. The molecular formula is C14H14BrNO7. The van der Waals surface area contributed by atoms with Gasteiger partial charge in [0.2, 0.25) is 18.3 Å². The van der Waals surface area contributed by atoms with Crippen LogP contribution in [0.25, 0.3) is 0 Å². The number of hydrogen-bond donors (Lipinski definition) is 1. The fourth-order valence-electron chi connectivity index (χ4n) is 2.56. The molecule has 0 radical (unpaired) electrons. The van der Waals surface area contributed by atoms with Crippen molar-refractivity contribution >= 4 is 27.6 Å². The Morgan fingerprint density at radius 3 is 2.52 bits per heavy atom. The fraction of sp³-hybridized carbons (Fsp3) is 0.429. The molecule has 0 spiro atoms. The average molecular weight is 388 g/mol. The Morgan fingerprint density at radius 2 is 1.96 bits per heavy atom. The fourth-order valence-corrected chi connectivity index (χ4v) is 3.25. The molecule has 1 aromatic carbocycles. The SMILES string of the molecule is COc1c(Br)c(C[C@@H]2CC(C(=O)O)=NO2)c(OC)c2c1OCO2. The highest BCUT2D eigenvalue weighted by Gasteiger charge is 2.34. The van der Waals surface area contributed by atoms with Gasteiger partial charge in [-0.15, -0.1) is 0 Å². The predicted molar refractivity (Wildman–Crippen MR) is 81.6 cm³/mol. The number of fused-ring (bicyclic) bond motifs is 1. The monoisotopic (exact) mass is 387 g/mol. The molecule has 0 saturated heterocycles. The second-order valence-corrected chi connectivity index (χ2v) is 5.70. The van der Waals surface area contributed by atoms with Gasteiger partial charge in [-0.05, 0) is 15.9 Å². The summed E-state index contributed by atoms with van der Waals surface area (Å²) >= 11 is 3.49. The van der Waals surface area contributed by atoms with E-state index >= 15 is 0 Å². The van der Waals surface area contributed by atoms with Crippen LogP contribution in [0.4, 0.5) is 0 Å². The second-order valence-electron chi connectivity index (χ2n) is 4.90. The van der Waals surface area contributed by atoms with E-state index in [-0.39, 0.29) is 18.9 Å². The van der Waals surface area contributed by atoms with E-state index < -0.39 is 12.1 Å². The number of carbonyl (C=O) groups is 1. The van der Waals surface area contributed by atoms with Gasteiger partial charge >= 0.3 is 5.97 Å². The van der Waals surface area contributed by atoms with Crippen molar-refractivity contribution in [3.63, 3.8) is 0 Å². The molecule has 0 amide bonds. The van der Waals surface area contributed by atoms with Crippen molar-refractivity contribution in [2.45, 2.75) is 18.9 Å². The molecule has 23 heavy (non-hydrogen) atoms. The van der Waals surface area contributed by atoms with E-state index in [1.807, 2.05) is 0 Å². The topological polar surface area (TPSA) is 95.8 Å². The molecule has 124 valence electrons. The Bertz CT molecular complexity index is 688. The third kappa shape index (κ3) is 2.65. The number of benzene rings is 1. The number of hydrogen-bond acceptors (Lipinski definition) is 7. The Hall–Kier alpha value is -2.16. The first-order chi connectivity index (χ1) is 11.1. The van der Waals surface area contributed by atoms with Crippen LogP contribution in [0, 0.1) is 0 Å². The first-order valence-electron chi connectivity index (χ1n) is 6.74. The van der Waals surface area contributed by atoms with Crippen LogP contribution in [0.3, 0.4) is 0 Å². The third-order valence-electron chi connectivity index (χ3n) is 3.58. The van der Waals surface area contributed by atoms with Crippen molar-refractivity contribution < 1.29 is 33.7 Å². The summed E-state index contributed by atoms with van der Waals surface area (Å²) in [6.45, 7) is 0.0736. The molecule has 0 aromatic heterocycles. The van der Waals surface area contributed by atoms with Crippen LogP contribution >= 0.6 is 15.9 Å². The van der Waals surface area contributed by atoms with E-state index in [4.69, 9.17) is 28.9 Å². The quantitative estimate of drug-likeness (QED) is 0.824. The molecular weight excluding hydrogens is 374 g/mol. The van der Waals surface area contributed by atoms with Gasteiger partial charge in [0.05, 0.1) is 18.7 Å². The minimum Gasteiger partial charge on any atom is -0.492 e. The van der Waals surface area contributed by atoms with E-state index in [0.29, 0.717) is 33.9 Å². The molecule has 1 atom stereocenters. The minimum absolute atomic E-state index is 0.00204. The predicted octanol–water partition coefficient (Wildman–Crippen LogP) is 1.97. The van der Waals surface area contributed by atoms with Crippen molar-refractivity contribution in [1.82, 2.24) is 0 Å². The van der Waals surface area contributed by atoms with Crippen molar-refractivity contribution in [3.05, 3.63) is 10.0 Å². The number of oxime groups is 1. The number of carboxylic acid groups (broad SMARTS) is 1. The van der Waals surface area contributed by atoms with Crippen LogP contribution in [0.15, 0.2) is 9.63 Å². The van der Waals surface area contributed by atoms with Gasteiger partial charge in [0.15, 0.2) is 17.2 Å². The van der Waals surface area contributed by atoms with E-state index in [1.165, 1.54) is 14.2 Å². The van der Waals surface area contributed by atoms with Gasteiger partial charge in [0.1, 0.15) is 6.10 Å². The van der Waals surface area contributed by atoms with Crippen LogP contribution in [-0.4, -0.2) is 43.9 Å². The van der Waals surface area contributed by atoms with Gasteiger partial charge in [-0.2, -0.15) is 0 Å². The third-order valence-corrected chi connectivity index (χ3v) is 4.42. The number of rotatable bonds is 5. The van der Waals surface area contributed by atoms with Crippen molar-refractivity contribution in [2.24, 2.45) is 5.16 Å². The Kier molecular flexibility index (Phi) is 4.20. The molecule has 3 rings (SSSR count). The summed E-state index contributed by atoms with van der Waals surface area (Å²) in [5, 5.41) is 12.5. The highest BCUT2D eigenvalue weighted by Crippen LogP contribution is 2.54. The van der Waals surface area contributed by atoms with Crippen LogP contribution in [-0.2, 0) is 16.1 Å². The summed E-state index contributed by atoms with van der Waals surface area (Å²) < 4.78 is 22.4. The highest BCUT2D eigenvalue weighted by molar-refractivity contribution is 9.10. The average Bonchev–Trinajstić information content (AvgIpc) is 3.17. The van der Waals surface area contributed by atoms with Crippen LogP contribution in [0.5, 0.6) is 23.0 Å². The first-order valence-corrected chi connectivity index (χ1v) is 7.54. The second kappa shape index (κ2) is 6.15. The molecule has 0 fully saturated rings.